The van der Waals surface area contributed by atoms with E-state index in [9.17, 15) is 0 Å². The van der Waals surface area contributed by atoms with Crippen LogP contribution in [0.1, 0.15) is 12.6 Å². The molecule has 0 aliphatic carbocycles. The Morgan fingerprint density at radius 3 is 2.50 bits per heavy atom. The molecule has 5 rings (SSSR count). The molecule has 2 heterocycles. The van der Waals surface area contributed by atoms with Crippen molar-refractivity contribution < 1.29 is 0 Å². The molecule has 0 fully saturated rings. The number of hydrogen-bond acceptors (Lipinski definition) is 2. The summed E-state index contributed by atoms with van der Waals surface area (Å²) < 4.78 is 1.98. The van der Waals surface area contributed by atoms with Crippen LogP contribution in [-0.4, -0.2) is 14.6 Å². The highest BCUT2D eigenvalue weighted by atomic mass is 35.5. The predicted octanol–water partition coefficient (Wildman–Crippen LogP) is 6.43. The summed E-state index contributed by atoms with van der Waals surface area (Å²) in [5, 5.41) is 8.08. The number of aryl methyl sites for hydroxylation is 1. The Morgan fingerprint density at radius 2 is 1.68 bits per heavy atom. The van der Waals surface area contributed by atoms with E-state index in [2.05, 4.69) is 54.4 Å². The molecule has 5 aromatic rings. The molecule has 3 aromatic carbocycles. The number of rotatable bonds is 3. The lowest BCUT2D eigenvalue weighted by Gasteiger charge is -2.09. The van der Waals surface area contributed by atoms with Crippen LogP contribution in [0.3, 0.4) is 0 Å². The molecule has 0 saturated heterocycles. The lowest BCUT2D eigenvalue weighted by Crippen LogP contribution is -1.96. The quantitative estimate of drug-likeness (QED) is 0.359. The highest BCUT2D eigenvalue weighted by molar-refractivity contribution is 6.30. The molecule has 4 heteroatoms. The van der Waals surface area contributed by atoms with Crippen LogP contribution in [-0.2, 0) is 6.42 Å². The standard InChI is InChI=1S/C24H18ClN3/c1-2-21-23(17-10-12-18(25)13-11-17)24-26-15-14-22(28(24)27-21)20-9-5-7-16-6-3-4-8-19(16)20/h3-15H,2H2,1H3. The van der Waals surface area contributed by atoms with Crippen LogP contribution < -0.4 is 0 Å². The van der Waals surface area contributed by atoms with E-state index in [-0.39, 0.29) is 0 Å². The molecule has 0 spiro atoms. The molecule has 0 radical (unpaired) electrons. The maximum atomic E-state index is 6.09. The van der Waals surface area contributed by atoms with Crippen molar-refractivity contribution in [2.75, 3.05) is 0 Å². The molecule has 0 saturated carbocycles. The summed E-state index contributed by atoms with van der Waals surface area (Å²) >= 11 is 6.09. The van der Waals surface area contributed by atoms with Crippen molar-refractivity contribution in [1.29, 1.82) is 0 Å². The van der Waals surface area contributed by atoms with E-state index in [4.69, 9.17) is 16.7 Å². The number of hydrogen-bond donors (Lipinski definition) is 0. The van der Waals surface area contributed by atoms with Crippen molar-refractivity contribution in [2.45, 2.75) is 13.3 Å². The summed E-state index contributed by atoms with van der Waals surface area (Å²) in [6.07, 6.45) is 2.70. The van der Waals surface area contributed by atoms with Gasteiger partial charge in [0.1, 0.15) is 0 Å². The van der Waals surface area contributed by atoms with Crippen LogP contribution in [0.15, 0.2) is 79.0 Å². The van der Waals surface area contributed by atoms with E-state index in [1.807, 2.05) is 41.0 Å². The molecule has 0 N–H and O–H groups in total. The smallest absolute Gasteiger partial charge is 0.163 e. The first kappa shape index (κ1) is 17.0. The fourth-order valence-electron chi connectivity index (χ4n) is 3.80. The number of aromatic nitrogens is 3. The van der Waals surface area contributed by atoms with Crippen LogP contribution >= 0.6 is 11.6 Å². The topological polar surface area (TPSA) is 30.2 Å². The Bertz CT molecular complexity index is 1300. The second-order valence-electron chi connectivity index (χ2n) is 6.77. The van der Waals surface area contributed by atoms with E-state index >= 15 is 0 Å². The first-order valence-corrected chi connectivity index (χ1v) is 9.74. The number of fused-ring (bicyclic) bond motifs is 2. The van der Waals surface area contributed by atoms with Gasteiger partial charge in [-0.3, -0.25) is 0 Å². The van der Waals surface area contributed by atoms with Crippen molar-refractivity contribution in [2.24, 2.45) is 0 Å². The molecule has 0 aliphatic rings. The largest absolute Gasteiger partial charge is 0.236 e. The third kappa shape index (κ3) is 2.67. The minimum Gasteiger partial charge on any atom is -0.236 e. The van der Waals surface area contributed by atoms with E-state index in [0.717, 1.165) is 45.2 Å². The third-order valence-electron chi connectivity index (χ3n) is 5.12. The predicted molar refractivity (Wildman–Crippen MR) is 116 cm³/mol. The summed E-state index contributed by atoms with van der Waals surface area (Å²) in [6.45, 7) is 2.12. The molecule has 2 aromatic heterocycles. The van der Waals surface area contributed by atoms with Crippen LogP contribution in [0.25, 0.3) is 38.8 Å². The molecule has 0 aliphatic heterocycles. The second kappa shape index (κ2) is 6.77. The average molecular weight is 384 g/mol. The molecule has 0 amide bonds. The minimum atomic E-state index is 0.725. The maximum Gasteiger partial charge on any atom is 0.163 e. The highest BCUT2D eigenvalue weighted by Gasteiger charge is 2.18. The van der Waals surface area contributed by atoms with Crippen molar-refractivity contribution >= 4 is 28.0 Å². The fourth-order valence-corrected chi connectivity index (χ4v) is 3.93. The summed E-state index contributed by atoms with van der Waals surface area (Å²) in [7, 11) is 0. The van der Waals surface area contributed by atoms with E-state index in [1.54, 1.807) is 0 Å². The van der Waals surface area contributed by atoms with Crippen molar-refractivity contribution in [1.82, 2.24) is 14.6 Å². The van der Waals surface area contributed by atoms with Crippen LogP contribution in [0.4, 0.5) is 0 Å². The zero-order valence-electron chi connectivity index (χ0n) is 15.4. The van der Waals surface area contributed by atoms with Gasteiger partial charge in [-0.05, 0) is 41.0 Å². The molecule has 0 atom stereocenters. The van der Waals surface area contributed by atoms with Gasteiger partial charge in [0.05, 0.1) is 11.4 Å². The molecule has 0 unspecified atom stereocenters. The lowest BCUT2D eigenvalue weighted by molar-refractivity contribution is 0.894. The fraction of sp³-hybridized carbons (Fsp3) is 0.0833. The van der Waals surface area contributed by atoms with Crippen molar-refractivity contribution in [3.63, 3.8) is 0 Å². The molecule has 136 valence electrons. The number of nitrogens with zero attached hydrogens (tertiary/aromatic N) is 3. The SMILES string of the molecule is CCc1nn2c(-c3cccc4ccccc34)ccnc2c1-c1ccc(Cl)cc1. The minimum absolute atomic E-state index is 0.725. The van der Waals surface area contributed by atoms with Crippen molar-refractivity contribution in [3.8, 4) is 22.4 Å². The monoisotopic (exact) mass is 383 g/mol. The van der Waals surface area contributed by atoms with E-state index in [0.29, 0.717) is 0 Å². The number of halogens is 1. The van der Waals surface area contributed by atoms with Gasteiger partial charge >= 0.3 is 0 Å². The average Bonchev–Trinajstić information content (AvgIpc) is 3.13. The maximum absolute atomic E-state index is 6.09. The molecule has 28 heavy (non-hydrogen) atoms. The zero-order valence-corrected chi connectivity index (χ0v) is 16.2. The third-order valence-corrected chi connectivity index (χ3v) is 5.38. The van der Waals surface area contributed by atoms with Gasteiger partial charge in [-0.25, -0.2) is 9.50 Å². The summed E-state index contributed by atoms with van der Waals surface area (Å²) in [6, 6.07) is 24.7. The van der Waals surface area contributed by atoms with Crippen LogP contribution in [0, 0.1) is 0 Å². The Morgan fingerprint density at radius 1 is 0.893 bits per heavy atom. The van der Waals surface area contributed by atoms with Crippen molar-refractivity contribution in [3.05, 3.63) is 89.7 Å². The lowest BCUT2D eigenvalue weighted by atomic mass is 10.0. The van der Waals surface area contributed by atoms with Gasteiger partial charge < -0.3 is 0 Å². The van der Waals surface area contributed by atoms with Gasteiger partial charge in [0.2, 0.25) is 0 Å². The number of benzene rings is 3. The van der Waals surface area contributed by atoms with Gasteiger partial charge in [0.25, 0.3) is 0 Å². The Hall–Kier alpha value is -3.17. The van der Waals surface area contributed by atoms with Gasteiger partial charge in [0.15, 0.2) is 5.65 Å². The molecular weight excluding hydrogens is 366 g/mol. The van der Waals surface area contributed by atoms with E-state index in [1.165, 1.54) is 10.8 Å². The molecule has 3 nitrogen and oxygen atoms in total. The summed E-state index contributed by atoms with van der Waals surface area (Å²) in [5.41, 5.74) is 6.24. The first-order valence-electron chi connectivity index (χ1n) is 9.37. The summed E-state index contributed by atoms with van der Waals surface area (Å²) in [5.74, 6) is 0. The highest BCUT2D eigenvalue weighted by Crippen LogP contribution is 2.33. The first-order chi connectivity index (χ1) is 13.8. The second-order valence-corrected chi connectivity index (χ2v) is 7.21. The van der Waals surface area contributed by atoms with Gasteiger partial charge in [-0.2, -0.15) is 5.10 Å². The Balaban J connectivity index is 1.82. The van der Waals surface area contributed by atoms with Gasteiger partial charge in [-0.15, -0.1) is 0 Å². The van der Waals surface area contributed by atoms with Crippen LogP contribution in [0.2, 0.25) is 5.02 Å². The molecule has 0 bridgehead atoms. The van der Waals surface area contributed by atoms with Crippen LogP contribution in [0.5, 0.6) is 0 Å². The summed E-state index contributed by atoms with van der Waals surface area (Å²) in [4.78, 5) is 4.68. The normalized spacial score (nSPS) is 11.4. The van der Waals surface area contributed by atoms with Gasteiger partial charge in [0, 0.05) is 22.3 Å². The zero-order chi connectivity index (χ0) is 19.1. The molecular formula is C24H18ClN3. The van der Waals surface area contributed by atoms with Gasteiger partial charge in [-0.1, -0.05) is 73.1 Å². The Kier molecular flexibility index (Phi) is 4.10. The Labute approximate surface area is 168 Å². The van der Waals surface area contributed by atoms with E-state index < -0.39 is 0 Å².